The molecule has 1 saturated heterocycles. The summed E-state index contributed by atoms with van der Waals surface area (Å²) in [6, 6.07) is 1.54. The number of ether oxygens (including phenoxy) is 1. The fourth-order valence-corrected chi connectivity index (χ4v) is 2.45. The van der Waals surface area contributed by atoms with Crippen molar-refractivity contribution in [3.8, 4) is 0 Å². The molecule has 1 amide bonds. The SMILES string of the molecule is CC(=O)c1c[nH]c(C(=O)Nc2cnn(CC3CCCO3)c2)c1. The number of ketones is 1. The molecule has 1 aliphatic rings. The Bertz CT molecular complexity index is 683. The molecule has 1 aliphatic heterocycles. The van der Waals surface area contributed by atoms with Crippen molar-refractivity contribution in [1.29, 1.82) is 0 Å². The lowest BCUT2D eigenvalue weighted by Crippen LogP contribution is -2.15. The molecule has 0 saturated carbocycles. The molecule has 3 rings (SSSR count). The maximum Gasteiger partial charge on any atom is 0.272 e. The minimum atomic E-state index is -0.302. The van der Waals surface area contributed by atoms with Crippen LogP contribution in [0.1, 0.15) is 40.6 Å². The predicted molar refractivity (Wildman–Crippen MR) is 80.0 cm³/mol. The molecule has 0 radical (unpaired) electrons. The van der Waals surface area contributed by atoms with Crippen molar-refractivity contribution < 1.29 is 14.3 Å². The standard InChI is InChI=1S/C15H18N4O3/c1-10(20)11-5-14(16-6-11)15(21)18-12-7-17-19(8-12)9-13-3-2-4-22-13/h5-8,13,16H,2-4,9H2,1H3,(H,18,21). The van der Waals surface area contributed by atoms with Gasteiger partial charge in [-0.1, -0.05) is 0 Å². The minimum Gasteiger partial charge on any atom is -0.376 e. The number of aromatic amines is 1. The van der Waals surface area contributed by atoms with Gasteiger partial charge in [0, 0.05) is 24.6 Å². The number of carbonyl (C=O) groups excluding carboxylic acids is 2. The first kappa shape index (κ1) is 14.5. The summed E-state index contributed by atoms with van der Waals surface area (Å²) >= 11 is 0. The minimum absolute atomic E-state index is 0.0836. The van der Waals surface area contributed by atoms with Crippen LogP contribution in [0.4, 0.5) is 5.69 Å². The monoisotopic (exact) mass is 302 g/mol. The van der Waals surface area contributed by atoms with E-state index in [1.807, 2.05) is 0 Å². The summed E-state index contributed by atoms with van der Waals surface area (Å²) in [5.41, 5.74) is 1.44. The second kappa shape index (κ2) is 6.15. The van der Waals surface area contributed by atoms with Crippen molar-refractivity contribution in [2.45, 2.75) is 32.4 Å². The van der Waals surface area contributed by atoms with Crippen LogP contribution >= 0.6 is 0 Å². The average Bonchev–Trinajstić information content (AvgIpc) is 3.19. The second-order valence-corrected chi connectivity index (χ2v) is 5.40. The lowest BCUT2D eigenvalue weighted by Gasteiger charge is -2.08. The number of anilines is 1. The number of amides is 1. The molecule has 0 spiro atoms. The zero-order chi connectivity index (χ0) is 15.5. The summed E-state index contributed by atoms with van der Waals surface area (Å²) < 4.78 is 7.32. The Kier molecular flexibility index (Phi) is 4.06. The second-order valence-electron chi connectivity index (χ2n) is 5.40. The quantitative estimate of drug-likeness (QED) is 0.825. The topological polar surface area (TPSA) is 89.0 Å². The first-order chi connectivity index (χ1) is 10.6. The third-order valence-electron chi connectivity index (χ3n) is 3.64. The van der Waals surface area contributed by atoms with Crippen LogP contribution in [0.2, 0.25) is 0 Å². The Hall–Kier alpha value is -2.41. The molecule has 1 atom stereocenters. The number of Topliss-reactive ketones (excluding diaryl/α,β-unsaturated/α-hetero) is 1. The van der Waals surface area contributed by atoms with E-state index in [4.69, 9.17) is 4.74 Å². The first-order valence-electron chi connectivity index (χ1n) is 7.26. The number of carbonyl (C=O) groups is 2. The summed E-state index contributed by atoms with van der Waals surface area (Å²) in [7, 11) is 0. The van der Waals surface area contributed by atoms with Crippen molar-refractivity contribution in [2.75, 3.05) is 11.9 Å². The van der Waals surface area contributed by atoms with Crippen LogP contribution in [-0.2, 0) is 11.3 Å². The van der Waals surface area contributed by atoms with Gasteiger partial charge in [-0.05, 0) is 25.8 Å². The summed E-state index contributed by atoms with van der Waals surface area (Å²) in [6.45, 7) is 2.95. The van der Waals surface area contributed by atoms with Crippen molar-refractivity contribution >= 4 is 17.4 Å². The Balaban J connectivity index is 1.61. The van der Waals surface area contributed by atoms with E-state index >= 15 is 0 Å². The maximum atomic E-state index is 12.1. The molecule has 2 aromatic rings. The Morgan fingerprint density at radius 1 is 1.55 bits per heavy atom. The van der Waals surface area contributed by atoms with Gasteiger partial charge in [-0.25, -0.2) is 0 Å². The number of aromatic nitrogens is 3. The van der Waals surface area contributed by atoms with E-state index < -0.39 is 0 Å². The fourth-order valence-electron chi connectivity index (χ4n) is 2.45. The summed E-state index contributed by atoms with van der Waals surface area (Å²) in [4.78, 5) is 26.1. The average molecular weight is 302 g/mol. The Labute approximate surface area is 127 Å². The summed E-state index contributed by atoms with van der Waals surface area (Å²) in [5.74, 6) is -0.385. The highest BCUT2D eigenvalue weighted by atomic mass is 16.5. The molecule has 0 bridgehead atoms. The van der Waals surface area contributed by atoms with Crippen LogP contribution in [0.15, 0.2) is 24.7 Å². The van der Waals surface area contributed by atoms with Crippen molar-refractivity contribution in [3.63, 3.8) is 0 Å². The smallest absolute Gasteiger partial charge is 0.272 e. The van der Waals surface area contributed by atoms with E-state index in [0.29, 0.717) is 23.5 Å². The predicted octanol–water partition coefficient (Wildman–Crippen LogP) is 1.85. The molecular formula is C15H18N4O3. The molecule has 2 aromatic heterocycles. The van der Waals surface area contributed by atoms with Gasteiger partial charge in [-0.15, -0.1) is 0 Å². The van der Waals surface area contributed by atoms with Crippen LogP contribution in [-0.4, -0.2) is 39.2 Å². The van der Waals surface area contributed by atoms with Crippen LogP contribution < -0.4 is 5.32 Å². The van der Waals surface area contributed by atoms with Gasteiger partial charge in [0.25, 0.3) is 5.91 Å². The van der Waals surface area contributed by atoms with Gasteiger partial charge in [0.1, 0.15) is 5.69 Å². The highest BCUT2D eigenvalue weighted by molar-refractivity contribution is 6.05. The van der Waals surface area contributed by atoms with E-state index in [1.165, 1.54) is 19.2 Å². The molecule has 3 heterocycles. The number of nitrogens with zero attached hydrogens (tertiary/aromatic N) is 2. The van der Waals surface area contributed by atoms with Gasteiger partial charge in [0.05, 0.1) is 24.5 Å². The molecular weight excluding hydrogens is 284 g/mol. The van der Waals surface area contributed by atoms with Gasteiger partial charge in [0.15, 0.2) is 5.78 Å². The van der Waals surface area contributed by atoms with Crippen molar-refractivity contribution in [2.24, 2.45) is 0 Å². The van der Waals surface area contributed by atoms with E-state index in [-0.39, 0.29) is 17.8 Å². The van der Waals surface area contributed by atoms with E-state index in [2.05, 4.69) is 15.4 Å². The lowest BCUT2D eigenvalue weighted by molar-refractivity contribution is 0.0940. The third kappa shape index (κ3) is 3.25. The summed E-state index contributed by atoms with van der Waals surface area (Å²) in [5, 5.41) is 6.97. The number of H-pyrrole nitrogens is 1. The number of nitrogens with one attached hydrogen (secondary N) is 2. The van der Waals surface area contributed by atoms with Gasteiger partial charge in [-0.3, -0.25) is 14.3 Å². The molecule has 7 nitrogen and oxygen atoms in total. The Morgan fingerprint density at radius 3 is 3.09 bits per heavy atom. The first-order valence-corrected chi connectivity index (χ1v) is 7.26. The molecule has 1 fully saturated rings. The normalized spacial score (nSPS) is 17.6. The molecule has 0 aromatic carbocycles. The molecule has 7 heteroatoms. The summed E-state index contributed by atoms with van der Waals surface area (Å²) in [6.07, 6.45) is 7.22. The van der Waals surface area contributed by atoms with Gasteiger partial charge >= 0.3 is 0 Å². The highest BCUT2D eigenvalue weighted by Gasteiger charge is 2.17. The van der Waals surface area contributed by atoms with E-state index in [0.717, 1.165) is 19.4 Å². The maximum absolute atomic E-state index is 12.1. The lowest BCUT2D eigenvalue weighted by atomic mass is 10.2. The third-order valence-corrected chi connectivity index (χ3v) is 3.64. The van der Waals surface area contributed by atoms with Crippen LogP contribution in [0.5, 0.6) is 0 Å². The fraction of sp³-hybridized carbons (Fsp3) is 0.400. The Morgan fingerprint density at radius 2 is 2.41 bits per heavy atom. The molecule has 22 heavy (non-hydrogen) atoms. The van der Waals surface area contributed by atoms with Gasteiger partial charge in [-0.2, -0.15) is 5.10 Å². The molecule has 2 N–H and O–H groups in total. The number of hydrogen-bond acceptors (Lipinski definition) is 4. The zero-order valence-electron chi connectivity index (χ0n) is 12.3. The van der Waals surface area contributed by atoms with E-state index in [1.54, 1.807) is 17.1 Å². The molecule has 0 aliphatic carbocycles. The number of hydrogen-bond donors (Lipinski definition) is 2. The molecule has 116 valence electrons. The zero-order valence-corrected chi connectivity index (χ0v) is 12.3. The van der Waals surface area contributed by atoms with E-state index in [9.17, 15) is 9.59 Å². The van der Waals surface area contributed by atoms with Crippen LogP contribution in [0, 0.1) is 0 Å². The van der Waals surface area contributed by atoms with Gasteiger partial charge < -0.3 is 15.0 Å². The number of rotatable bonds is 5. The van der Waals surface area contributed by atoms with Crippen molar-refractivity contribution in [1.82, 2.24) is 14.8 Å². The molecule has 1 unspecified atom stereocenters. The van der Waals surface area contributed by atoms with Crippen LogP contribution in [0.3, 0.4) is 0 Å². The highest BCUT2D eigenvalue weighted by Crippen LogP contribution is 2.15. The largest absolute Gasteiger partial charge is 0.376 e. The van der Waals surface area contributed by atoms with Crippen LogP contribution in [0.25, 0.3) is 0 Å². The van der Waals surface area contributed by atoms with Crippen molar-refractivity contribution in [3.05, 3.63) is 35.9 Å². The van der Waals surface area contributed by atoms with Gasteiger partial charge in [0.2, 0.25) is 0 Å².